The van der Waals surface area contributed by atoms with Crippen LogP contribution in [0, 0.1) is 0 Å². The molecule has 8 rings (SSSR count). The first-order chi connectivity index (χ1) is 20.3. The second-order valence-electron chi connectivity index (χ2n) is 10.6. The number of fused-ring (bicyclic) bond motifs is 6. The van der Waals surface area contributed by atoms with Crippen LogP contribution in [0.1, 0.15) is 5.56 Å². The Morgan fingerprint density at radius 2 is 0.976 bits per heavy atom. The van der Waals surface area contributed by atoms with Crippen molar-refractivity contribution in [3.05, 3.63) is 145 Å². The highest BCUT2D eigenvalue weighted by atomic mass is 32.1. The molecule has 196 valence electrons. The summed E-state index contributed by atoms with van der Waals surface area (Å²) < 4.78 is 4.77. The largest absolute Gasteiger partial charge is 0.309 e. The Morgan fingerprint density at radius 1 is 0.415 bits per heavy atom. The van der Waals surface area contributed by atoms with Gasteiger partial charge in [0.25, 0.3) is 0 Å². The first kappa shape index (κ1) is 24.1. The van der Waals surface area contributed by atoms with Crippen LogP contribution in [0.5, 0.6) is 0 Å². The summed E-state index contributed by atoms with van der Waals surface area (Å²) in [6, 6.07) is 50.7. The quantitative estimate of drug-likeness (QED) is 0.207. The smallest absolute Gasteiger partial charge is 0.0541 e. The maximum absolute atomic E-state index is 4.46. The monoisotopic (exact) mass is 544 g/mol. The standard InChI is InChI=1S/C38H28N2S/c41-22-21-26-17-19-37-33(23-26)31-13-4-7-16-36(31)40(37)30-12-8-9-27(24-30)28-18-20-38-34(25-28)32-14-5-6-15-35(32)39(38)29-10-2-1-3-11-29/h1-20,23-25,41H,21-22H2. The van der Waals surface area contributed by atoms with Crippen molar-refractivity contribution in [3.63, 3.8) is 0 Å². The maximum atomic E-state index is 4.46. The molecule has 3 heteroatoms. The van der Waals surface area contributed by atoms with Crippen molar-refractivity contribution in [2.45, 2.75) is 6.42 Å². The number of rotatable bonds is 5. The Hall–Kier alpha value is -4.73. The highest BCUT2D eigenvalue weighted by molar-refractivity contribution is 7.80. The third kappa shape index (κ3) is 3.88. The molecule has 0 unspecified atom stereocenters. The van der Waals surface area contributed by atoms with Crippen LogP contribution in [0.2, 0.25) is 0 Å². The zero-order valence-corrected chi connectivity index (χ0v) is 23.4. The van der Waals surface area contributed by atoms with Gasteiger partial charge in [-0.3, -0.25) is 0 Å². The van der Waals surface area contributed by atoms with Crippen molar-refractivity contribution >= 4 is 56.2 Å². The highest BCUT2D eigenvalue weighted by Gasteiger charge is 2.15. The van der Waals surface area contributed by atoms with E-state index < -0.39 is 0 Å². The number of aromatic nitrogens is 2. The molecule has 0 aliphatic carbocycles. The van der Waals surface area contributed by atoms with Crippen LogP contribution < -0.4 is 0 Å². The van der Waals surface area contributed by atoms with Gasteiger partial charge in [-0.05, 0) is 89.5 Å². The van der Waals surface area contributed by atoms with Gasteiger partial charge in [0.2, 0.25) is 0 Å². The van der Waals surface area contributed by atoms with Gasteiger partial charge in [0.15, 0.2) is 0 Å². The van der Waals surface area contributed by atoms with Crippen LogP contribution in [0.4, 0.5) is 0 Å². The fourth-order valence-electron chi connectivity index (χ4n) is 6.42. The number of para-hydroxylation sites is 3. The predicted molar refractivity (Wildman–Crippen MR) is 178 cm³/mol. The van der Waals surface area contributed by atoms with Gasteiger partial charge in [0.05, 0.1) is 22.1 Å². The van der Waals surface area contributed by atoms with E-state index in [1.165, 1.54) is 71.7 Å². The lowest BCUT2D eigenvalue weighted by Gasteiger charge is -2.11. The summed E-state index contributed by atoms with van der Waals surface area (Å²) in [6.07, 6.45) is 0.969. The van der Waals surface area contributed by atoms with Crippen LogP contribution >= 0.6 is 12.6 Å². The van der Waals surface area contributed by atoms with Crippen LogP contribution in [0.3, 0.4) is 0 Å². The topological polar surface area (TPSA) is 9.86 Å². The van der Waals surface area contributed by atoms with E-state index in [-0.39, 0.29) is 0 Å². The molecule has 0 fully saturated rings. The molecular formula is C38H28N2S. The minimum Gasteiger partial charge on any atom is -0.309 e. The van der Waals surface area contributed by atoms with Gasteiger partial charge < -0.3 is 9.13 Å². The number of hydrogen-bond donors (Lipinski definition) is 1. The SMILES string of the molecule is SCCc1ccc2c(c1)c1ccccc1n2-c1cccc(-c2ccc3c(c2)c2ccccc2n3-c2ccccc2)c1. The van der Waals surface area contributed by atoms with Crippen molar-refractivity contribution in [1.82, 2.24) is 9.13 Å². The van der Waals surface area contributed by atoms with Crippen molar-refractivity contribution < 1.29 is 0 Å². The summed E-state index contributed by atoms with van der Waals surface area (Å²) in [6.45, 7) is 0. The van der Waals surface area contributed by atoms with Crippen molar-refractivity contribution in [3.8, 4) is 22.5 Å². The molecule has 0 atom stereocenters. The van der Waals surface area contributed by atoms with E-state index in [0.717, 1.165) is 12.2 Å². The maximum Gasteiger partial charge on any atom is 0.0541 e. The summed E-state index contributed by atoms with van der Waals surface area (Å²) in [7, 11) is 0. The molecule has 0 bridgehead atoms. The molecular weight excluding hydrogens is 516 g/mol. The lowest BCUT2D eigenvalue weighted by Crippen LogP contribution is -1.95. The molecule has 2 heterocycles. The van der Waals surface area contributed by atoms with Gasteiger partial charge >= 0.3 is 0 Å². The van der Waals surface area contributed by atoms with Crippen LogP contribution in [-0.2, 0) is 6.42 Å². The molecule has 2 nitrogen and oxygen atoms in total. The molecule has 0 N–H and O–H groups in total. The molecule has 0 aliphatic heterocycles. The number of thiol groups is 1. The van der Waals surface area contributed by atoms with Gasteiger partial charge in [0.1, 0.15) is 0 Å². The van der Waals surface area contributed by atoms with E-state index in [2.05, 4.69) is 161 Å². The van der Waals surface area contributed by atoms with E-state index >= 15 is 0 Å². The molecule has 0 saturated heterocycles. The molecule has 0 radical (unpaired) electrons. The van der Waals surface area contributed by atoms with Crippen molar-refractivity contribution in [2.75, 3.05) is 5.75 Å². The highest BCUT2D eigenvalue weighted by Crippen LogP contribution is 2.37. The van der Waals surface area contributed by atoms with Gasteiger partial charge in [0, 0.05) is 32.9 Å². The Bertz CT molecular complexity index is 2220. The van der Waals surface area contributed by atoms with Gasteiger partial charge in [-0.1, -0.05) is 78.9 Å². The minimum atomic E-state index is 0.848. The molecule has 8 aromatic rings. The Morgan fingerprint density at radius 3 is 1.71 bits per heavy atom. The Kier molecular flexibility index (Phi) is 5.71. The van der Waals surface area contributed by atoms with Gasteiger partial charge in [-0.2, -0.15) is 12.6 Å². The van der Waals surface area contributed by atoms with E-state index in [4.69, 9.17) is 0 Å². The van der Waals surface area contributed by atoms with Crippen LogP contribution in [0.15, 0.2) is 140 Å². The molecule has 0 saturated carbocycles. The Labute approximate surface area is 244 Å². The van der Waals surface area contributed by atoms with Crippen LogP contribution in [-0.4, -0.2) is 14.9 Å². The van der Waals surface area contributed by atoms with Crippen molar-refractivity contribution in [2.24, 2.45) is 0 Å². The van der Waals surface area contributed by atoms with E-state index in [9.17, 15) is 0 Å². The first-order valence-electron chi connectivity index (χ1n) is 14.1. The second-order valence-corrected chi connectivity index (χ2v) is 11.1. The number of nitrogens with zero attached hydrogens (tertiary/aromatic N) is 2. The van der Waals surface area contributed by atoms with E-state index in [1.54, 1.807) is 0 Å². The fourth-order valence-corrected chi connectivity index (χ4v) is 6.67. The summed E-state index contributed by atoms with van der Waals surface area (Å²) in [5, 5.41) is 5.11. The summed E-state index contributed by atoms with van der Waals surface area (Å²) in [4.78, 5) is 0. The molecule has 2 aromatic heterocycles. The van der Waals surface area contributed by atoms with E-state index in [1.807, 2.05) is 0 Å². The number of aryl methyl sites for hydroxylation is 1. The van der Waals surface area contributed by atoms with Gasteiger partial charge in [-0.25, -0.2) is 0 Å². The zero-order valence-electron chi connectivity index (χ0n) is 22.5. The van der Waals surface area contributed by atoms with Crippen molar-refractivity contribution in [1.29, 1.82) is 0 Å². The van der Waals surface area contributed by atoms with Gasteiger partial charge in [-0.15, -0.1) is 0 Å². The third-order valence-corrected chi connectivity index (χ3v) is 8.49. The minimum absolute atomic E-state index is 0.848. The molecule has 0 aliphatic rings. The number of benzene rings is 6. The molecule has 41 heavy (non-hydrogen) atoms. The van der Waals surface area contributed by atoms with E-state index in [0.29, 0.717) is 0 Å². The first-order valence-corrected chi connectivity index (χ1v) is 14.8. The third-order valence-electron chi connectivity index (χ3n) is 8.26. The molecule has 0 amide bonds. The summed E-state index contributed by atoms with van der Waals surface area (Å²) in [5.74, 6) is 0.848. The average Bonchev–Trinajstić information content (AvgIpc) is 3.54. The predicted octanol–water partition coefficient (Wildman–Crippen LogP) is 10.0. The number of hydrogen-bond acceptors (Lipinski definition) is 1. The zero-order chi connectivity index (χ0) is 27.3. The summed E-state index contributed by atoms with van der Waals surface area (Å²) in [5.41, 5.74) is 11.0. The van der Waals surface area contributed by atoms with Crippen LogP contribution in [0.25, 0.3) is 66.1 Å². The summed E-state index contributed by atoms with van der Waals surface area (Å²) >= 11 is 4.46. The lowest BCUT2D eigenvalue weighted by atomic mass is 10.0. The molecule has 0 spiro atoms. The Balaban J connectivity index is 1.31. The second kappa shape index (κ2) is 9.72. The lowest BCUT2D eigenvalue weighted by molar-refractivity contribution is 1.16. The molecule has 6 aromatic carbocycles. The fraction of sp³-hybridized carbons (Fsp3) is 0.0526. The average molecular weight is 545 g/mol. The normalized spacial score (nSPS) is 11.7.